The molecule has 1 N–H and O–H groups in total. The molecule has 0 aromatic heterocycles. The molecular formula is C13H17BrFNO3S. The number of hydrogen-bond donors (Lipinski definition) is 1. The molecule has 0 atom stereocenters. The Hall–Kier alpha value is -0.500. The zero-order valence-electron chi connectivity index (χ0n) is 10.9. The summed E-state index contributed by atoms with van der Waals surface area (Å²) in [7, 11) is -3.92. The molecular weight excluding hydrogens is 349 g/mol. The number of sulfonamides is 1. The number of halogens is 2. The number of hydrogen-bond acceptors (Lipinski definition) is 3. The van der Waals surface area contributed by atoms with Crippen molar-refractivity contribution in [2.24, 2.45) is 0 Å². The second-order valence-electron chi connectivity index (χ2n) is 4.85. The van der Waals surface area contributed by atoms with Gasteiger partial charge in [-0.15, -0.1) is 0 Å². The normalized spacial score (nSPS) is 17.0. The first kappa shape index (κ1) is 15.9. The molecule has 1 aliphatic carbocycles. The summed E-state index contributed by atoms with van der Waals surface area (Å²) in [5.41, 5.74) is 0. The standard InChI is InChI=1S/C13H17BrFNO3S/c14-10-5-6-13(12(15)9-10)20(18,19)16(7-8-17)11-3-1-2-4-11/h5-6,9,11,17H,1-4,7-8H2. The van der Waals surface area contributed by atoms with Crippen molar-refractivity contribution in [2.75, 3.05) is 13.2 Å². The maximum absolute atomic E-state index is 13.9. The van der Waals surface area contributed by atoms with Gasteiger partial charge in [0.25, 0.3) is 0 Å². The van der Waals surface area contributed by atoms with Crippen LogP contribution in [0, 0.1) is 5.82 Å². The lowest BCUT2D eigenvalue weighted by molar-refractivity contribution is 0.226. The molecule has 0 spiro atoms. The summed E-state index contributed by atoms with van der Waals surface area (Å²) in [4.78, 5) is -0.332. The molecule has 2 rings (SSSR count). The van der Waals surface area contributed by atoms with Crippen LogP contribution in [0.15, 0.2) is 27.6 Å². The van der Waals surface area contributed by atoms with Crippen LogP contribution >= 0.6 is 15.9 Å². The first-order chi connectivity index (χ1) is 9.46. The second kappa shape index (κ2) is 6.51. The molecule has 0 amide bonds. The molecule has 7 heteroatoms. The van der Waals surface area contributed by atoms with E-state index in [0.29, 0.717) is 4.47 Å². The van der Waals surface area contributed by atoms with Crippen LogP contribution in [0.5, 0.6) is 0 Å². The third-order valence-electron chi connectivity index (χ3n) is 3.53. The van der Waals surface area contributed by atoms with E-state index in [-0.39, 0.29) is 24.1 Å². The van der Waals surface area contributed by atoms with Gasteiger partial charge in [0.2, 0.25) is 10.0 Å². The van der Waals surface area contributed by atoms with Crippen molar-refractivity contribution < 1.29 is 17.9 Å². The fourth-order valence-electron chi connectivity index (χ4n) is 2.60. The Labute approximate surface area is 126 Å². The topological polar surface area (TPSA) is 57.6 Å². The van der Waals surface area contributed by atoms with Gasteiger partial charge in [-0.25, -0.2) is 12.8 Å². The third kappa shape index (κ3) is 3.21. The predicted molar refractivity (Wildman–Crippen MR) is 77.3 cm³/mol. The number of rotatable bonds is 5. The van der Waals surface area contributed by atoms with Crippen LogP contribution in [0.3, 0.4) is 0 Å². The van der Waals surface area contributed by atoms with Crippen molar-refractivity contribution in [3.8, 4) is 0 Å². The first-order valence-corrected chi connectivity index (χ1v) is 8.78. The molecule has 1 fully saturated rings. The smallest absolute Gasteiger partial charge is 0.246 e. The minimum atomic E-state index is -3.92. The Morgan fingerprint density at radius 2 is 2.00 bits per heavy atom. The molecule has 0 saturated heterocycles. The molecule has 0 bridgehead atoms. The van der Waals surface area contributed by atoms with Crippen molar-refractivity contribution in [2.45, 2.75) is 36.6 Å². The summed E-state index contributed by atoms with van der Waals surface area (Å²) in [5.74, 6) is -0.777. The predicted octanol–water partition coefficient (Wildman–Crippen LogP) is 2.51. The molecule has 4 nitrogen and oxygen atoms in total. The summed E-state index contributed by atoms with van der Waals surface area (Å²) in [5, 5.41) is 9.11. The second-order valence-corrected chi connectivity index (χ2v) is 7.63. The molecule has 0 heterocycles. The third-order valence-corrected chi connectivity index (χ3v) is 6.01. The van der Waals surface area contributed by atoms with Crippen LogP contribution < -0.4 is 0 Å². The minimum absolute atomic E-state index is 0.00248. The Morgan fingerprint density at radius 1 is 1.35 bits per heavy atom. The highest BCUT2D eigenvalue weighted by atomic mass is 79.9. The molecule has 0 unspecified atom stereocenters. The first-order valence-electron chi connectivity index (χ1n) is 6.54. The van der Waals surface area contributed by atoms with Crippen LogP contribution in [0.25, 0.3) is 0 Å². The quantitative estimate of drug-likeness (QED) is 0.871. The Balaban J connectivity index is 2.39. The maximum Gasteiger partial charge on any atom is 0.246 e. The fourth-order valence-corrected chi connectivity index (χ4v) is 4.66. The van der Waals surface area contributed by atoms with Gasteiger partial charge < -0.3 is 5.11 Å². The number of aliphatic hydroxyl groups is 1. The lowest BCUT2D eigenvalue weighted by Gasteiger charge is -2.27. The molecule has 1 aliphatic rings. The van der Waals surface area contributed by atoms with Gasteiger partial charge in [-0.3, -0.25) is 0 Å². The van der Waals surface area contributed by atoms with Gasteiger partial charge in [0.05, 0.1) is 6.61 Å². The van der Waals surface area contributed by atoms with E-state index in [4.69, 9.17) is 5.11 Å². The minimum Gasteiger partial charge on any atom is -0.395 e. The van der Waals surface area contributed by atoms with Crippen LogP contribution in [0.1, 0.15) is 25.7 Å². The van der Waals surface area contributed by atoms with E-state index in [2.05, 4.69) is 15.9 Å². The monoisotopic (exact) mass is 365 g/mol. The highest BCUT2D eigenvalue weighted by Crippen LogP contribution is 2.30. The van der Waals surface area contributed by atoms with E-state index in [9.17, 15) is 12.8 Å². The van der Waals surface area contributed by atoms with Gasteiger partial charge in [0.15, 0.2) is 0 Å². The average Bonchev–Trinajstić information content (AvgIpc) is 2.88. The van der Waals surface area contributed by atoms with E-state index >= 15 is 0 Å². The van der Waals surface area contributed by atoms with Gasteiger partial charge in [0, 0.05) is 17.1 Å². The van der Waals surface area contributed by atoms with Crippen LogP contribution in [-0.2, 0) is 10.0 Å². The molecule has 1 saturated carbocycles. The zero-order valence-corrected chi connectivity index (χ0v) is 13.3. The molecule has 20 heavy (non-hydrogen) atoms. The summed E-state index contributed by atoms with van der Waals surface area (Å²) < 4.78 is 40.9. The Morgan fingerprint density at radius 3 is 2.55 bits per heavy atom. The van der Waals surface area contributed by atoms with E-state index in [1.54, 1.807) is 0 Å². The van der Waals surface area contributed by atoms with Crippen molar-refractivity contribution >= 4 is 26.0 Å². The molecule has 112 valence electrons. The highest BCUT2D eigenvalue weighted by molar-refractivity contribution is 9.10. The van der Waals surface area contributed by atoms with Gasteiger partial charge in [-0.05, 0) is 31.0 Å². The van der Waals surface area contributed by atoms with Crippen molar-refractivity contribution in [1.82, 2.24) is 4.31 Å². The summed E-state index contributed by atoms with van der Waals surface area (Å²) in [6, 6.07) is 3.75. The average molecular weight is 366 g/mol. The van der Waals surface area contributed by atoms with E-state index in [1.807, 2.05) is 0 Å². The Kier molecular flexibility index (Phi) is 5.17. The zero-order chi connectivity index (χ0) is 14.8. The van der Waals surface area contributed by atoms with Crippen molar-refractivity contribution in [3.05, 3.63) is 28.5 Å². The van der Waals surface area contributed by atoms with E-state index in [0.717, 1.165) is 31.7 Å². The van der Waals surface area contributed by atoms with Gasteiger partial charge in [0.1, 0.15) is 10.7 Å². The summed E-state index contributed by atoms with van der Waals surface area (Å²) >= 11 is 3.11. The van der Waals surface area contributed by atoms with Crippen LogP contribution in [0.2, 0.25) is 0 Å². The van der Waals surface area contributed by atoms with Gasteiger partial charge in [-0.1, -0.05) is 28.8 Å². The van der Waals surface area contributed by atoms with Crippen LogP contribution in [0.4, 0.5) is 4.39 Å². The number of aliphatic hydroxyl groups excluding tert-OH is 1. The van der Waals surface area contributed by atoms with Gasteiger partial charge >= 0.3 is 0 Å². The fraction of sp³-hybridized carbons (Fsp3) is 0.538. The molecule has 1 aromatic carbocycles. The van der Waals surface area contributed by atoms with Gasteiger partial charge in [-0.2, -0.15) is 4.31 Å². The molecule has 0 radical (unpaired) electrons. The summed E-state index contributed by atoms with van der Waals surface area (Å²) in [6.45, 7) is -0.267. The van der Waals surface area contributed by atoms with E-state index in [1.165, 1.54) is 16.4 Å². The lowest BCUT2D eigenvalue weighted by Crippen LogP contribution is -2.41. The van der Waals surface area contributed by atoms with Crippen molar-refractivity contribution in [1.29, 1.82) is 0 Å². The molecule has 1 aromatic rings. The Bertz CT molecular complexity index is 573. The van der Waals surface area contributed by atoms with E-state index < -0.39 is 15.8 Å². The maximum atomic E-state index is 13.9. The van der Waals surface area contributed by atoms with Crippen molar-refractivity contribution in [3.63, 3.8) is 0 Å². The van der Waals surface area contributed by atoms with Crippen LogP contribution in [-0.4, -0.2) is 37.0 Å². The SMILES string of the molecule is O=S(=O)(c1ccc(Br)cc1F)N(CCO)C1CCCC1. The number of nitrogens with zero attached hydrogens (tertiary/aromatic N) is 1. The largest absolute Gasteiger partial charge is 0.395 e. The number of benzene rings is 1. The highest BCUT2D eigenvalue weighted by Gasteiger charge is 2.34. The molecule has 0 aliphatic heterocycles. The summed E-state index contributed by atoms with van der Waals surface area (Å²) in [6.07, 6.45) is 3.45. The lowest BCUT2D eigenvalue weighted by atomic mass is 10.2.